The van der Waals surface area contributed by atoms with Gasteiger partial charge in [0.25, 0.3) is 0 Å². The van der Waals surface area contributed by atoms with Crippen LogP contribution in [0.3, 0.4) is 0 Å². The van der Waals surface area contributed by atoms with Crippen LogP contribution in [0.2, 0.25) is 0 Å². The molecule has 0 aliphatic heterocycles. The second-order valence-electron chi connectivity index (χ2n) is 3.26. The maximum atomic E-state index is 10.9. The van der Waals surface area contributed by atoms with E-state index in [1.807, 2.05) is 0 Å². The third-order valence-corrected chi connectivity index (χ3v) is 3.46. The van der Waals surface area contributed by atoms with Gasteiger partial charge in [0, 0.05) is 4.88 Å². The van der Waals surface area contributed by atoms with E-state index in [1.165, 1.54) is 11.3 Å². The first-order chi connectivity index (χ1) is 6.61. The van der Waals surface area contributed by atoms with Crippen LogP contribution in [0.25, 0.3) is 0 Å². The SMILES string of the molecule is O=C(O)C1Cc2sccc2C1C(=O)O. The zero-order valence-electron chi connectivity index (χ0n) is 7.14. The molecule has 0 spiro atoms. The molecule has 2 N–H and O–H groups in total. The molecule has 14 heavy (non-hydrogen) atoms. The first-order valence-corrected chi connectivity index (χ1v) is 5.01. The average molecular weight is 212 g/mol. The van der Waals surface area contributed by atoms with Crippen LogP contribution in [0, 0.1) is 5.92 Å². The minimum absolute atomic E-state index is 0.347. The Morgan fingerprint density at radius 1 is 1.36 bits per heavy atom. The normalized spacial score (nSPS) is 24.6. The van der Waals surface area contributed by atoms with Crippen molar-refractivity contribution in [3.8, 4) is 0 Å². The first kappa shape index (κ1) is 9.21. The largest absolute Gasteiger partial charge is 0.481 e. The fourth-order valence-electron chi connectivity index (χ4n) is 1.86. The molecule has 1 heterocycles. The van der Waals surface area contributed by atoms with Gasteiger partial charge in [-0.1, -0.05) is 0 Å². The molecule has 1 aromatic rings. The molecule has 5 heteroatoms. The van der Waals surface area contributed by atoms with Crippen LogP contribution in [0.15, 0.2) is 11.4 Å². The van der Waals surface area contributed by atoms with Gasteiger partial charge in [-0.2, -0.15) is 0 Å². The van der Waals surface area contributed by atoms with Crippen LogP contribution in [0.5, 0.6) is 0 Å². The lowest BCUT2D eigenvalue weighted by atomic mass is 9.93. The second kappa shape index (κ2) is 3.09. The van der Waals surface area contributed by atoms with Crippen molar-refractivity contribution >= 4 is 23.3 Å². The van der Waals surface area contributed by atoms with Crippen molar-refractivity contribution in [2.75, 3.05) is 0 Å². The van der Waals surface area contributed by atoms with Crippen LogP contribution in [-0.4, -0.2) is 22.2 Å². The fraction of sp³-hybridized carbons (Fsp3) is 0.333. The number of carboxylic acid groups (broad SMARTS) is 2. The van der Waals surface area contributed by atoms with E-state index in [2.05, 4.69) is 0 Å². The smallest absolute Gasteiger partial charge is 0.311 e. The molecule has 4 nitrogen and oxygen atoms in total. The van der Waals surface area contributed by atoms with Gasteiger partial charge in [0.2, 0.25) is 0 Å². The number of hydrogen-bond acceptors (Lipinski definition) is 3. The number of rotatable bonds is 2. The highest BCUT2D eigenvalue weighted by Crippen LogP contribution is 2.41. The van der Waals surface area contributed by atoms with Crippen LogP contribution < -0.4 is 0 Å². The van der Waals surface area contributed by atoms with E-state index in [9.17, 15) is 9.59 Å². The van der Waals surface area contributed by atoms with Crippen molar-refractivity contribution < 1.29 is 19.8 Å². The van der Waals surface area contributed by atoms with Crippen LogP contribution in [0.4, 0.5) is 0 Å². The molecule has 0 aromatic carbocycles. The fourth-order valence-corrected chi connectivity index (χ4v) is 2.85. The van der Waals surface area contributed by atoms with Gasteiger partial charge in [-0.15, -0.1) is 11.3 Å². The predicted octanol–water partition coefficient (Wildman–Crippen LogP) is 1.17. The minimum atomic E-state index is -1.05. The van der Waals surface area contributed by atoms with Crippen molar-refractivity contribution in [3.63, 3.8) is 0 Å². The van der Waals surface area contributed by atoms with Gasteiger partial charge in [0.15, 0.2) is 0 Å². The maximum absolute atomic E-state index is 10.9. The molecule has 1 aliphatic carbocycles. The Hall–Kier alpha value is -1.36. The summed E-state index contributed by atoms with van der Waals surface area (Å²) in [6.07, 6.45) is 0.347. The summed E-state index contributed by atoms with van der Waals surface area (Å²) in [7, 11) is 0. The second-order valence-corrected chi connectivity index (χ2v) is 4.26. The number of fused-ring (bicyclic) bond motifs is 1. The molecule has 0 amide bonds. The Labute approximate surface area is 83.8 Å². The van der Waals surface area contributed by atoms with Crippen LogP contribution >= 0.6 is 11.3 Å². The lowest BCUT2D eigenvalue weighted by Gasteiger charge is -2.10. The minimum Gasteiger partial charge on any atom is -0.481 e. The van der Waals surface area contributed by atoms with Crippen LogP contribution in [-0.2, 0) is 16.0 Å². The lowest BCUT2D eigenvalue weighted by molar-refractivity contribution is -0.149. The Kier molecular flexibility index (Phi) is 2.03. The number of carboxylic acids is 2. The molecule has 0 radical (unpaired) electrons. The Bertz CT molecular complexity index is 395. The summed E-state index contributed by atoms with van der Waals surface area (Å²) >= 11 is 1.43. The molecule has 0 saturated carbocycles. The van der Waals surface area contributed by atoms with Crippen molar-refractivity contribution in [1.82, 2.24) is 0 Å². The summed E-state index contributed by atoms with van der Waals surface area (Å²) < 4.78 is 0. The van der Waals surface area contributed by atoms with Crippen molar-refractivity contribution in [1.29, 1.82) is 0 Å². The molecule has 0 fully saturated rings. The number of thiophene rings is 1. The van der Waals surface area contributed by atoms with E-state index < -0.39 is 23.8 Å². The number of aliphatic carboxylic acids is 2. The molecule has 74 valence electrons. The van der Waals surface area contributed by atoms with Gasteiger partial charge in [-0.25, -0.2) is 0 Å². The van der Waals surface area contributed by atoms with Crippen molar-refractivity contribution in [3.05, 3.63) is 21.9 Å². The number of carbonyl (C=O) groups is 2. The van der Waals surface area contributed by atoms with Gasteiger partial charge < -0.3 is 10.2 Å². The molecule has 2 rings (SSSR count). The summed E-state index contributed by atoms with van der Waals surface area (Å²) in [4.78, 5) is 22.6. The third kappa shape index (κ3) is 1.21. The highest BCUT2D eigenvalue weighted by molar-refractivity contribution is 7.10. The molecule has 0 bridgehead atoms. The van der Waals surface area contributed by atoms with Gasteiger partial charge in [0.1, 0.15) is 0 Å². The molecule has 1 aromatic heterocycles. The Morgan fingerprint density at radius 3 is 2.64 bits per heavy atom. The molecule has 2 atom stereocenters. The molecular weight excluding hydrogens is 204 g/mol. The van der Waals surface area contributed by atoms with Gasteiger partial charge >= 0.3 is 11.9 Å². The van der Waals surface area contributed by atoms with Gasteiger partial charge in [-0.05, 0) is 23.4 Å². The third-order valence-electron chi connectivity index (χ3n) is 2.51. The van der Waals surface area contributed by atoms with Crippen molar-refractivity contribution in [2.45, 2.75) is 12.3 Å². The van der Waals surface area contributed by atoms with Gasteiger partial charge in [-0.3, -0.25) is 9.59 Å². The monoisotopic (exact) mass is 212 g/mol. The highest BCUT2D eigenvalue weighted by atomic mass is 32.1. The average Bonchev–Trinajstić information content (AvgIpc) is 2.58. The molecule has 0 saturated heterocycles. The van der Waals surface area contributed by atoms with Crippen molar-refractivity contribution in [2.24, 2.45) is 5.92 Å². The molecular formula is C9H8O4S. The predicted molar refractivity (Wildman–Crippen MR) is 49.5 cm³/mol. The zero-order chi connectivity index (χ0) is 10.3. The van der Waals surface area contributed by atoms with Gasteiger partial charge in [0.05, 0.1) is 11.8 Å². The topological polar surface area (TPSA) is 74.6 Å². The van der Waals surface area contributed by atoms with E-state index >= 15 is 0 Å². The first-order valence-electron chi connectivity index (χ1n) is 4.13. The lowest BCUT2D eigenvalue weighted by Crippen LogP contribution is -2.24. The molecule has 1 aliphatic rings. The maximum Gasteiger partial charge on any atom is 0.311 e. The summed E-state index contributed by atoms with van der Waals surface area (Å²) in [5, 5.41) is 19.6. The van der Waals surface area contributed by atoms with E-state index in [4.69, 9.17) is 10.2 Å². The molecule has 2 unspecified atom stereocenters. The number of hydrogen-bond donors (Lipinski definition) is 2. The van der Waals surface area contributed by atoms with E-state index in [0.29, 0.717) is 12.0 Å². The Balaban J connectivity index is 2.41. The quantitative estimate of drug-likeness (QED) is 0.771. The summed E-state index contributed by atoms with van der Waals surface area (Å²) in [5.74, 6) is -3.74. The standard InChI is InChI=1S/C9H8O4S/c10-8(11)5-3-6-4(1-2-14-6)7(5)9(12)13/h1-2,5,7H,3H2,(H,10,11)(H,12,13). The Morgan fingerprint density at radius 2 is 2.07 bits per heavy atom. The summed E-state index contributed by atoms with van der Waals surface area (Å²) in [5.41, 5.74) is 0.676. The highest BCUT2D eigenvalue weighted by Gasteiger charge is 2.42. The van der Waals surface area contributed by atoms with Crippen LogP contribution in [0.1, 0.15) is 16.4 Å². The van der Waals surface area contributed by atoms with E-state index in [1.54, 1.807) is 11.4 Å². The van der Waals surface area contributed by atoms with E-state index in [0.717, 1.165) is 4.88 Å². The summed E-state index contributed by atoms with van der Waals surface area (Å²) in [6.45, 7) is 0. The summed E-state index contributed by atoms with van der Waals surface area (Å²) in [6, 6.07) is 1.71. The zero-order valence-corrected chi connectivity index (χ0v) is 7.95. The van der Waals surface area contributed by atoms with E-state index in [-0.39, 0.29) is 0 Å².